The third-order valence-corrected chi connectivity index (χ3v) is 6.18. The summed E-state index contributed by atoms with van der Waals surface area (Å²) in [4.78, 5) is 25.2. The smallest absolute Gasteiger partial charge is 0.226 e. The molecule has 9 nitrogen and oxygen atoms in total. The largest absolute Gasteiger partial charge is 0.457 e. The van der Waals surface area contributed by atoms with Crippen LogP contribution < -0.4 is 10.5 Å². The second-order valence-corrected chi connectivity index (χ2v) is 9.02. The molecule has 3 heterocycles. The van der Waals surface area contributed by atoms with E-state index in [2.05, 4.69) is 9.97 Å². The van der Waals surface area contributed by atoms with Crippen molar-refractivity contribution in [3.63, 3.8) is 0 Å². The van der Waals surface area contributed by atoms with Gasteiger partial charge in [0.05, 0.1) is 11.4 Å². The predicted octanol–water partition coefficient (Wildman–Crippen LogP) is 4.11. The first-order chi connectivity index (χ1) is 17.5. The molecule has 1 amide bonds. The molecule has 36 heavy (non-hydrogen) atoms. The van der Waals surface area contributed by atoms with E-state index < -0.39 is 0 Å². The molecule has 9 heteroatoms. The van der Waals surface area contributed by atoms with Gasteiger partial charge >= 0.3 is 0 Å². The van der Waals surface area contributed by atoms with Gasteiger partial charge in [-0.15, -0.1) is 0 Å². The van der Waals surface area contributed by atoms with E-state index in [0.717, 1.165) is 23.5 Å². The van der Waals surface area contributed by atoms with E-state index in [1.807, 2.05) is 95.5 Å². The summed E-state index contributed by atoms with van der Waals surface area (Å²) in [6.07, 6.45) is 6.42. The molecule has 0 radical (unpaired) electrons. The van der Waals surface area contributed by atoms with Crippen LogP contribution >= 0.6 is 0 Å². The lowest BCUT2D eigenvalue weighted by Crippen LogP contribution is -2.28. The van der Waals surface area contributed by atoms with Crippen molar-refractivity contribution in [2.75, 3.05) is 32.9 Å². The van der Waals surface area contributed by atoms with E-state index >= 15 is 0 Å². The Balaban J connectivity index is 1.40. The molecule has 2 N–H and O–H groups in total. The highest BCUT2D eigenvalue weighted by Gasteiger charge is 2.30. The molecule has 0 spiro atoms. The minimum atomic E-state index is 0.0121. The second-order valence-electron chi connectivity index (χ2n) is 9.02. The molecule has 1 atom stereocenters. The number of anilines is 1. The van der Waals surface area contributed by atoms with Crippen molar-refractivity contribution in [3.8, 4) is 22.8 Å². The van der Waals surface area contributed by atoms with Crippen molar-refractivity contribution in [2.24, 2.45) is 0 Å². The second kappa shape index (κ2) is 10.1. The van der Waals surface area contributed by atoms with E-state index in [0.29, 0.717) is 42.1 Å². The zero-order valence-electron chi connectivity index (χ0n) is 20.4. The molecule has 2 aromatic heterocycles. The number of benzene rings is 2. The van der Waals surface area contributed by atoms with E-state index in [4.69, 9.17) is 15.6 Å². The van der Waals surface area contributed by atoms with E-state index in [1.54, 1.807) is 0 Å². The number of ether oxygens (including phenoxy) is 1. The number of amides is 1. The van der Waals surface area contributed by atoms with Crippen molar-refractivity contribution in [1.29, 1.82) is 0 Å². The van der Waals surface area contributed by atoms with Crippen molar-refractivity contribution in [1.82, 2.24) is 29.5 Å². The lowest BCUT2D eigenvalue weighted by molar-refractivity contribution is -0.129. The lowest BCUT2D eigenvalue weighted by atomic mass is 10.1. The Morgan fingerprint density at radius 3 is 2.61 bits per heavy atom. The third kappa shape index (κ3) is 4.86. The van der Waals surface area contributed by atoms with Crippen LogP contribution in [0.25, 0.3) is 22.3 Å². The zero-order valence-corrected chi connectivity index (χ0v) is 20.4. The fraction of sp³-hybridized carbons (Fsp3) is 0.259. The Bertz CT molecular complexity index is 1380. The Hall–Kier alpha value is -4.40. The van der Waals surface area contributed by atoms with Gasteiger partial charge in [0.2, 0.25) is 5.91 Å². The van der Waals surface area contributed by atoms with Gasteiger partial charge in [-0.3, -0.25) is 4.79 Å². The van der Waals surface area contributed by atoms with Gasteiger partial charge in [0, 0.05) is 39.2 Å². The number of rotatable bonds is 7. The predicted molar refractivity (Wildman–Crippen MR) is 139 cm³/mol. The SMILES string of the molecule is CN(C)/C=C/CC(=O)N1CCC(n2nc(-c3ccc(Oc4ccccc4)cc3)c3c(N)ncnc32)C1. The van der Waals surface area contributed by atoms with E-state index in [1.165, 1.54) is 6.33 Å². The first-order valence-corrected chi connectivity index (χ1v) is 11.9. The summed E-state index contributed by atoms with van der Waals surface area (Å²) < 4.78 is 7.83. The summed E-state index contributed by atoms with van der Waals surface area (Å²) in [7, 11) is 3.87. The van der Waals surface area contributed by atoms with Gasteiger partial charge in [-0.25, -0.2) is 14.6 Å². The van der Waals surface area contributed by atoms with Gasteiger partial charge < -0.3 is 20.3 Å². The summed E-state index contributed by atoms with van der Waals surface area (Å²) in [6.45, 7) is 1.26. The molecule has 2 aromatic carbocycles. The average molecular weight is 484 g/mol. The highest BCUT2D eigenvalue weighted by molar-refractivity contribution is 5.98. The van der Waals surface area contributed by atoms with Gasteiger partial charge in [0.25, 0.3) is 0 Å². The summed E-state index contributed by atoms with van der Waals surface area (Å²) in [5.41, 5.74) is 8.57. The Labute approximate surface area is 209 Å². The van der Waals surface area contributed by atoms with Gasteiger partial charge in [0.15, 0.2) is 5.65 Å². The molecule has 0 bridgehead atoms. The molecule has 1 saturated heterocycles. The number of likely N-dealkylation sites (tertiary alicyclic amines) is 1. The molecule has 0 saturated carbocycles. The summed E-state index contributed by atoms with van der Waals surface area (Å²) in [6, 6.07) is 17.4. The van der Waals surface area contributed by atoms with E-state index in [-0.39, 0.29) is 11.9 Å². The molecular weight excluding hydrogens is 454 g/mol. The van der Waals surface area contributed by atoms with Gasteiger partial charge in [0.1, 0.15) is 29.3 Å². The first-order valence-electron chi connectivity index (χ1n) is 11.9. The van der Waals surface area contributed by atoms with Crippen LogP contribution in [-0.2, 0) is 4.79 Å². The molecule has 1 unspecified atom stereocenters. The monoisotopic (exact) mass is 483 g/mol. The molecule has 184 valence electrons. The first kappa shape index (κ1) is 23.3. The summed E-state index contributed by atoms with van der Waals surface area (Å²) >= 11 is 0. The number of para-hydroxylation sites is 1. The minimum absolute atomic E-state index is 0.0121. The number of carbonyl (C=O) groups is 1. The minimum Gasteiger partial charge on any atom is -0.457 e. The van der Waals surface area contributed by atoms with Gasteiger partial charge in [-0.2, -0.15) is 5.10 Å². The van der Waals surface area contributed by atoms with Gasteiger partial charge in [-0.05, 0) is 49.0 Å². The molecule has 4 aromatic rings. The standard InChI is InChI=1S/C27H29N7O2/c1-32(2)15-6-9-23(35)33-16-14-20(17-33)34-27-24(26(28)29-18-30-27)25(31-34)19-10-12-22(13-11-19)36-21-7-4-3-5-8-21/h3-8,10-13,15,18,20H,9,14,16-17H2,1-2H3,(H2,28,29,30)/b15-6+. The van der Waals surface area contributed by atoms with Crippen molar-refractivity contribution < 1.29 is 9.53 Å². The van der Waals surface area contributed by atoms with Crippen LogP contribution in [0, 0.1) is 0 Å². The number of nitrogens with two attached hydrogens (primary N) is 1. The topological polar surface area (TPSA) is 102 Å². The maximum atomic E-state index is 12.7. The number of hydrogen-bond acceptors (Lipinski definition) is 7. The maximum absolute atomic E-state index is 12.7. The highest BCUT2D eigenvalue weighted by atomic mass is 16.5. The van der Waals surface area contributed by atoms with Crippen LogP contribution in [-0.4, -0.2) is 62.6 Å². The zero-order chi connectivity index (χ0) is 25.1. The summed E-state index contributed by atoms with van der Waals surface area (Å²) in [5, 5.41) is 5.65. The number of fused-ring (bicyclic) bond motifs is 1. The fourth-order valence-corrected chi connectivity index (χ4v) is 4.42. The Morgan fingerprint density at radius 2 is 1.86 bits per heavy atom. The quantitative estimate of drug-likeness (QED) is 0.422. The third-order valence-electron chi connectivity index (χ3n) is 6.18. The van der Waals surface area contributed by atoms with Crippen LogP contribution in [0.4, 0.5) is 5.82 Å². The molecule has 1 fully saturated rings. The van der Waals surface area contributed by atoms with Crippen LogP contribution in [0.3, 0.4) is 0 Å². The molecular formula is C27H29N7O2. The van der Waals surface area contributed by atoms with E-state index in [9.17, 15) is 4.79 Å². The number of hydrogen-bond donors (Lipinski definition) is 1. The molecule has 1 aliphatic heterocycles. The van der Waals surface area contributed by atoms with Crippen LogP contribution in [0.5, 0.6) is 11.5 Å². The lowest BCUT2D eigenvalue weighted by Gasteiger charge is -2.16. The maximum Gasteiger partial charge on any atom is 0.226 e. The Morgan fingerprint density at radius 1 is 1.11 bits per heavy atom. The van der Waals surface area contributed by atoms with Crippen molar-refractivity contribution in [3.05, 3.63) is 73.2 Å². The number of carbonyl (C=O) groups excluding carboxylic acids is 1. The number of nitrogen functional groups attached to an aromatic ring is 1. The normalized spacial score (nSPS) is 15.6. The van der Waals surface area contributed by atoms with Crippen LogP contribution in [0.15, 0.2) is 73.2 Å². The molecule has 1 aliphatic rings. The molecule has 0 aliphatic carbocycles. The van der Waals surface area contributed by atoms with Gasteiger partial charge in [-0.1, -0.05) is 24.3 Å². The van der Waals surface area contributed by atoms with Crippen molar-refractivity contribution in [2.45, 2.75) is 18.9 Å². The summed E-state index contributed by atoms with van der Waals surface area (Å²) in [5.74, 6) is 1.99. The van der Waals surface area contributed by atoms with Crippen LogP contribution in [0.2, 0.25) is 0 Å². The molecule has 5 rings (SSSR count). The fourth-order valence-electron chi connectivity index (χ4n) is 4.42. The van der Waals surface area contributed by atoms with Crippen molar-refractivity contribution >= 4 is 22.8 Å². The number of nitrogens with zero attached hydrogens (tertiary/aromatic N) is 6. The average Bonchev–Trinajstić information content (AvgIpc) is 3.51. The highest BCUT2D eigenvalue weighted by Crippen LogP contribution is 2.35. The number of aromatic nitrogens is 4. The van der Waals surface area contributed by atoms with Crippen LogP contribution in [0.1, 0.15) is 18.9 Å². The Kier molecular flexibility index (Phi) is 6.53.